The van der Waals surface area contributed by atoms with Gasteiger partial charge in [-0.3, -0.25) is 9.69 Å². The highest BCUT2D eigenvalue weighted by Crippen LogP contribution is 2.22. The Morgan fingerprint density at radius 2 is 1.90 bits per heavy atom. The van der Waals surface area contributed by atoms with Crippen LogP contribution in [0, 0.1) is 0 Å². The Hall–Kier alpha value is -1.23. The molecule has 1 aliphatic rings. The second-order valence-electron chi connectivity index (χ2n) is 5.79. The van der Waals surface area contributed by atoms with Crippen LogP contribution in [0.25, 0.3) is 0 Å². The fraction of sp³-hybridized carbons (Fsp3) is 0.562. The number of hydrogen-bond donors (Lipinski definition) is 1. The van der Waals surface area contributed by atoms with Gasteiger partial charge in [0.05, 0.1) is 6.54 Å². The number of hydrogen-bond acceptors (Lipinski definition) is 4. The van der Waals surface area contributed by atoms with Gasteiger partial charge < -0.3 is 10.0 Å². The number of carbonyl (C=O) groups is 1. The van der Waals surface area contributed by atoms with Crippen LogP contribution in [0.3, 0.4) is 0 Å². The Kier molecular flexibility index (Phi) is 4.91. The van der Waals surface area contributed by atoms with Gasteiger partial charge in [0.2, 0.25) is 0 Å². The zero-order valence-electron chi connectivity index (χ0n) is 12.4. The highest BCUT2D eigenvalue weighted by atomic mass is 16.3. The Morgan fingerprint density at radius 3 is 2.60 bits per heavy atom. The van der Waals surface area contributed by atoms with Crippen molar-refractivity contribution in [3.05, 3.63) is 35.9 Å². The number of likely N-dealkylation sites (N-methyl/N-ethyl adjacent to an activating group) is 1. The van der Waals surface area contributed by atoms with Gasteiger partial charge in [-0.25, -0.2) is 0 Å². The average Bonchev–Trinajstić information content (AvgIpc) is 2.64. The quantitative estimate of drug-likeness (QED) is 0.894. The summed E-state index contributed by atoms with van der Waals surface area (Å²) < 4.78 is 0. The predicted molar refractivity (Wildman–Crippen MR) is 79.6 cm³/mol. The standard InChI is InChI=1S/C16H24N2O2/c1-16(20,14-7-4-3-5-8-14)15(19)13-18-10-6-9-17(2)11-12-18/h3-5,7-8,20H,6,9-13H2,1-2H3. The van der Waals surface area contributed by atoms with Gasteiger partial charge in [-0.1, -0.05) is 30.3 Å². The van der Waals surface area contributed by atoms with Gasteiger partial charge in [0.15, 0.2) is 5.78 Å². The lowest BCUT2D eigenvalue weighted by atomic mass is 9.91. The Labute approximate surface area is 121 Å². The van der Waals surface area contributed by atoms with E-state index >= 15 is 0 Å². The number of ketones is 1. The second kappa shape index (κ2) is 6.48. The summed E-state index contributed by atoms with van der Waals surface area (Å²) in [5.74, 6) is -0.131. The largest absolute Gasteiger partial charge is 0.378 e. The molecule has 1 saturated heterocycles. The highest BCUT2D eigenvalue weighted by Gasteiger charge is 2.33. The first kappa shape index (κ1) is 15.2. The Morgan fingerprint density at radius 1 is 1.20 bits per heavy atom. The predicted octanol–water partition coefficient (Wildman–Crippen LogP) is 1.10. The van der Waals surface area contributed by atoms with Crippen LogP contribution >= 0.6 is 0 Å². The molecule has 1 aromatic rings. The maximum Gasteiger partial charge on any atom is 0.182 e. The molecule has 0 aromatic heterocycles. The summed E-state index contributed by atoms with van der Waals surface area (Å²) in [5.41, 5.74) is -0.739. The van der Waals surface area contributed by atoms with Crippen LogP contribution in [0.5, 0.6) is 0 Å². The molecule has 0 bridgehead atoms. The molecule has 1 heterocycles. The lowest BCUT2D eigenvalue weighted by Crippen LogP contribution is -2.42. The molecule has 0 spiro atoms. The first-order valence-corrected chi connectivity index (χ1v) is 7.22. The van der Waals surface area contributed by atoms with Crippen molar-refractivity contribution in [2.45, 2.75) is 18.9 Å². The zero-order chi connectivity index (χ0) is 14.6. The maximum absolute atomic E-state index is 12.4. The van der Waals surface area contributed by atoms with Gasteiger partial charge in [-0.2, -0.15) is 0 Å². The molecule has 1 atom stereocenters. The van der Waals surface area contributed by atoms with E-state index < -0.39 is 5.60 Å². The van der Waals surface area contributed by atoms with Crippen LogP contribution in [-0.4, -0.2) is 60.5 Å². The van der Waals surface area contributed by atoms with E-state index in [-0.39, 0.29) is 5.78 Å². The van der Waals surface area contributed by atoms with Crippen molar-refractivity contribution in [1.29, 1.82) is 0 Å². The molecule has 0 radical (unpaired) electrons. The zero-order valence-corrected chi connectivity index (χ0v) is 12.4. The van der Waals surface area contributed by atoms with Crippen molar-refractivity contribution < 1.29 is 9.90 Å². The number of rotatable bonds is 4. The summed E-state index contributed by atoms with van der Waals surface area (Å²) >= 11 is 0. The molecule has 1 aromatic carbocycles. The van der Waals surface area contributed by atoms with Gasteiger partial charge >= 0.3 is 0 Å². The fourth-order valence-corrected chi connectivity index (χ4v) is 2.54. The summed E-state index contributed by atoms with van der Waals surface area (Å²) in [5, 5.41) is 10.5. The molecule has 1 aliphatic heterocycles. The van der Waals surface area contributed by atoms with Crippen LogP contribution in [0.15, 0.2) is 30.3 Å². The molecule has 0 amide bonds. The third-order valence-corrected chi connectivity index (χ3v) is 4.06. The van der Waals surface area contributed by atoms with Crippen LogP contribution in [0.4, 0.5) is 0 Å². The molecular weight excluding hydrogens is 252 g/mol. The minimum absolute atomic E-state index is 0.131. The lowest BCUT2D eigenvalue weighted by molar-refractivity contribution is -0.137. The van der Waals surface area contributed by atoms with Crippen molar-refractivity contribution in [2.75, 3.05) is 39.8 Å². The van der Waals surface area contributed by atoms with E-state index in [0.717, 1.165) is 32.6 Å². The monoisotopic (exact) mass is 276 g/mol. The summed E-state index contributed by atoms with van der Waals surface area (Å²) in [6.07, 6.45) is 1.07. The van der Waals surface area contributed by atoms with Crippen molar-refractivity contribution in [1.82, 2.24) is 9.80 Å². The Balaban J connectivity index is 2.00. The van der Waals surface area contributed by atoms with Crippen LogP contribution in [0.2, 0.25) is 0 Å². The number of nitrogens with zero attached hydrogens (tertiary/aromatic N) is 2. The van der Waals surface area contributed by atoms with Gasteiger partial charge in [0, 0.05) is 13.1 Å². The van der Waals surface area contributed by atoms with Crippen molar-refractivity contribution in [2.24, 2.45) is 0 Å². The van der Waals surface area contributed by atoms with Crippen molar-refractivity contribution in [3.63, 3.8) is 0 Å². The van der Waals surface area contributed by atoms with Crippen molar-refractivity contribution >= 4 is 5.78 Å². The molecule has 2 rings (SSSR count). The SMILES string of the molecule is CN1CCCN(CC(=O)C(C)(O)c2ccccc2)CC1. The van der Waals surface area contributed by atoms with E-state index in [0.29, 0.717) is 12.1 Å². The van der Waals surface area contributed by atoms with Gasteiger partial charge in [0.1, 0.15) is 5.60 Å². The summed E-state index contributed by atoms with van der Waals surface area (Å²) in [6, 6.07) is 9.17. The van der Waals surface area contributed by atoms with E-state index in [2.05, 4.69) is 16.8 Å². The average molecular weight is 276 g/mol. The highest BCUT2D eigenvalue weighted by molar-refractivity contribution is 5.89. The normalized spacial score (nSPS) is 21.1. The fourth-order valence-electron chi connectivity index (χ4n) is 2.54. The third-order valence-electron chi connectivity index (χ3n) is 4.06. The molecule has 0 saturated carbocycles. The van der Waals surface area contributed by atoms with Gasteiger partial charge in [-0.15, -0.1) is 0 Å². The molecule has 1 fully saturated rings. The molecule has 1 N–H and O–H groups in total. The van der Waals surface area contributed by atoms with E-state index in [4.69, 9.17) is 0 Å². The molecule has 110 valence electrons. The van der Waals surface area contributed by atoms with E-state index in [1.165, 1.54) is 0 Å². The van der Waals surface area contributed by atoms with Crippen LogP contribution in [0.1, 0.15) is 18.9 Å². The summed E-state index contributed by atoms with van der Waals surface area (Å²) in [7, 11) is 2.10. The molecular formula is C16H24N2O2. The summed E-state index contributed by atoms with van der Waals surface area (Å²) in [6.45, 7) is 5.75. The number of carbonyl (C=O) groups excluding carboxylic acids is 1. The van der Waals surface area contributed by atoms with Crippen LogP contribution < -0.4 is 0 Å². The third kappa shape index (κ3) is 3.66. The van der Waals surface area contributed by atoms with E-state index in [1.54, 1.807) is 19.1 Å². The molecule has 20 heavy (non-hydrogen) atoms. The second-order valence-corrected chi connectivity index (χ2v) is 5.79. The maximum atomic E-state index is 12.4. The first-order chi connectivity index (χ1) is 9.50. The topological polar surface area (TPSA) is 43.8 Å². The van der Waals surface area contributed by atoms with Gasteiger partial charge in [-0.05, 0) is 39.0 Å². The molecule has 4 heteroatoms. The van der Waals surface area contributed by atoms with E-state index in [9.17, 15) is 9.90 Å². The first-order valence-electron chi connectivity index (χ1n) is 7.22. The smallest absolute Gasteiger partial charge is 0.182 e. The number of aliphatic hydroxyl groups is 1. The minimum Gasteiger partial charge on any atom is -0.378 e. The Bertz CT molecular complexity index is 445. The van der Waals surface area contributed by atoms with Crippen molar-refractivity contribution in [3.8, 4) is 0 Å². The summed E-state index contributed by atoms with van der Waals surface area (Å²) in [4.78, 5) is 16.8. The van der Waals surface area contributed by atoms with Crippen LogP contribution in [-0.2, 0) is 10.4 Å². The lowest BCUT2D eigenvalue weighted by Gasteiger charge is -2.26. The number of benzene rings is 1. The molecule has 1 unspecified atom stereocenters. The molecule has 0 aliphatic carbocycles. The molecule has 4 nitrogen and oxygen atoms in total. The van der Waals surface area contributed by atoms with E-state index in [1.807, 2.05) is 18.2 Å². The minimum atomic E-state index is -1.40. The van der Waals surface area contributed by atoms with Gasteiger partial charge in [0.25, 0.3) is 0 Å². The number of Topliss-reactive ketones (excluding diaryl/α,β-unsaturated/α-hetero) is 1.